The molecular weight excluding hydrogens is 322 g/mol. The van der Waals surface area contributed by atoms with Gasteiger partial charge in [-0.15, -0.1) is 0 Å². The van der Waals surface area contributed by atoms with E-state index in [0.717, 1.165) is 5.56 Å². The van der Waals surface area contributed by atoms with Crippen molar-refractivity contribution in [2.75, 3.05) is 14.2 Å². The molecule has 0 unspecified atom stereocenters. The maximum Gasteiger partial charge on any atom is 0.230 e. The standard InChI is InChI=1S/C18H17N3O4/c1-23-15-8-13-14(9-16(15)24-2)20-10-21-18(13)25-12-5-3-11(4-6-12)7-17(19)22/h3-6,8-10H,7H2,1-2H3,(H2,19,22). The molecule has 0 atom stereocenters. The van der Waals surface area contributed by atoms with E-state index in [1.54, 1.807) is 50.6 Å². The highest BCUT2D eigenvalue weighted by molar-refractivity contribution is 5.87. The van der Waals surface area contributed by atoms with Gasteiger partial charge in [-0.2, -0.15) is 0 Å². The first-order valence-electron chi connectivity index (χ1n) is 7.52. The van der Waals surface area contributed by atoms with Crippen molar-refractivity contribution in [3.8, 4) is 23.1 Å². The number of nitrogens with two attached hydrogens (primary N) is 1. The van der Waals surface area contributed by atoms with Crippen LogP contribution in [0.25, 0.3) is 10.9 Å². The number of hydrogen-bond acceptors (Lipinski definition) is 6. The van der Waals surface area contributed by atoms with Crippen molar-refractivity contribution in [3.05, 3.63) is 48.3 Å². The number of hydrogen-bond donors (Lipinski definition) is 1. The Labute approximate surface area is 144 Å². The van der Waals surface area contributed by atoms with E-state index in [9.17, 15) is 4.79 Å². The Balaban J connectivity index is 1.94. The molecule has 3 rings (SSSR count). The lowest BCUT2D eigenvalue weighted by Gasteiger charge is -2.11. The van der Waals surface area contributed by atoms with E-state index in [1.165, 1.54) is 6.33 Å². The lowest BCUT2D eigenvalue weighted by molar-refractivity contribution is -0.117. The smallest absolute Gasteiger partial charge is 0.230 e. The molecular formula is C18H17N3O4. The molecule has 3 aromatic rings. The Morgan fingerprint density at radius 2 is 1.72 bits per heavy atom. The molecule has 0 radical (unpaired) electrons. The third-order valence-electron chi connectivity index (χ3n) is 3.62. The SMILES string of the molecule is COc1cc2ncnc(Oc3ccc(CC(N)=O)cc3)c2cc1OC. The first-order chi connectivity index (χ1) is 12.1. The van der Waals surface area contributed by atoms with Crippen LogP contribution in [0.2, 0.25) is 0 Å². The largest absolute Gasteiger partial charge is 0.493 e. The lowest BCUT2D eigenvalue weighted by atomic mass is 10.1. The molecule has 7 heteroatoms. The number of methoxy groups -OCH3 is 2. The van der Waals surface area contributed by atoms with Gasteiger partial charge in [-0.3, -0.25) is 4.79 Å². The molecule has 1 amide bonds. The molecule has 0 bridgehead atoms. The molecule has 0 aliphatic heterocycles. The van der Waals surface area contributed by atoms with E-state index in [-0.39, 0.29) is 12.3 Å². The summed E-state index contributed by atoms with van der Waals surface area (Å²) < 4.78 is 16.5. The van der Waals surface area contributed by atoms with Crippen molar-refractivity contribution in [2.24, 2.45) is 5.73 Å². The maximum atomic E-state index is 11.0. The Hall–Kier alpha value is -3.35. The van der Waals surface area contributed by atoms with E-state index in [1.807, 2.05) is 0 Å². The van der Waals surface area contributed by atoms with Crippen LogP contribution in [0.4, 0.5) is 0 Å². The molecule has 0 spiro atoms. The number of amides is 1. The Morgan fingerprint density at radius 1 is 1.04 bits per heavy atom. The average Bonchev–Trinajstić information content (AvgIpc) is 2.62. The van der Waals surface area contributed by atoms with Crippen molar-refractivity contribution in [3.63, 3.8) is 0 Å². The number of nitrogens with zero attached hydrogens (tertiary/aromatic N) is 2. The number of benzene rings is 2. The van der Waals surface area contributed by atoms with E-state index in [2.05, 4.69) is 9.97 Å². The molecule has 1 aromatic heterocycles. The van der Waals surface area contributed by atoms with Crippen molar-refractivity contribution < 1.29 is 19.0 Å². The van der Waals surface area contributed by atoms with Crippen LogP contribution >= 0.6 is 0 Å². The van der Waals surface area contributed by atoms with Crippen LogP contribution in [0.3, 0.4) is 0 Å². The van der Waals surface area contributed by atoms with Crippen LogP contribution in [0.5, 0.6) is 23.1 Å². The zero-order chi connectivity index (χ0) is 17.8. The molecule has 7 nitrogen and oxygen atoms in total. The van der Waals surface area contributed by atoms with Crippen LogP contribution in [-0.2, 0) is 11.2 Å². The molecule has 0 saturated heterocycles. The number of carbonyl (C=O) groups is 1. The summed E-state index contributed by atoms with van der Waals surface area (Å²) in [6.07, 6.45) is 1.61. The average molecular weight is 339 g/mol. The predicted molar refractivity (Wildman–Crippen MR) is 92.1 cm³/mol. The van der Waals surface area contributed by atoms with Crippen LogP contribution in [0.15, 0.2) is 42.7 Å². The summed E-state index contributed by atoms with van der Waals surface area (Å²) in [5.41, 5.74) is 6.68. The van der Waals surface area contributed by atoms with Crippen LogP contribution in [0, 0.1) is 0 Å². The summed E-state index contributed by atoms with van der Waals surface area (Å²) in [6.45, 7) is 0. The third kappa shape index (κ3) is 3.60. The molecule has 0 fully saturated rings. The van der Waals surface area contributed by atoms with Crippen molar-refractivity contribution in [1.29, 1.82) is 0 Å². The van der Waals surface area contributed by atoms with Gasteiger partial charge in [0.1, 0.15) is 12.1 Å². The normalized spacial score (nSPS) is 10.5. The number of carbonyl (C=O) groups excluding carboxylic acids is 1. The highest BCUT2D eigenvalue weighted by Crippen LogP contribution is 2.35. The molecule has 0 saturated carbocycles. The third-order valence-corrected chi connectivity index (χ3v) is 3.62. The quantitative estimate of drug-likeness (QED) is 0.741. The fourth-order valence-corrected chi connectivity index (χ4v) is 2.43. The number of aromatic nitrogens is 2. The number of rotatable bonds is 6. The van der Waals surface area contributed by atoms with Gasteiger partial charge in [0.05, 0.1) is 31.5 Å². The summed E-state index contributed by atoms with van der Waals surface area (Å²) in [6, 6.07) is 10.6. The number of fused-ring (bicyclic) bond motifs is 1. The monoisotopic (exact) mass is 339 g/mol. The molecule has 2 aromatic carbocycles. The van der Waals surface area contributed by atoms with Crippen molar-refractivity contribution in [1.82, 2.24) is 9.97 Å². The minimum absolute atomic E-state index is 0.188. The highest BCUT2D eigenvalue weighted by atomic mass is 16.5. The van der Waals surface area contributed by atoms with Gasteiger partial charge in [-0.1, -0.05) is 12.1 Å². The summed E-state index contributed by atoms with van der Waals surface area (Å²) in [5, 5.41) is 0.696. The van der Waals surface area contributed by atoms with Crippen molar-refractivity contribution in [2.45, 2.75) is 6.42 Å². The number of ether oxygens (including phenoxy) is 3. The summed E-state index contributed by atoms with van der Waals surface area (Å²) in [5.74, 6) is 1.75. The van der Waals surface area contributed by atoms with E-state index in [4.69, 9.17) is 19.9 Å². The van der Waals surface area contributed by atoms with Gasteiger partial charge in [-0.25, -0.2) is 9.97 Å². The van der Waals surface area contributed by atoms with Gasteiger partial charge in [0.25, 0.3) is 0 Å². The molecule has 0 aliphatic carbocycles. The molecule has 2 N–H and O–H groups in total. The molecule has 0 aliphatic rings. The van der Waals surface area contributed by atoms with Gasteiger partial charge >= 0.3 is 0 Å². The minimum Gasteiger partial charge on any atom is -0.493 e. The van der Waals surface area contributed by atoms with Crippen molar-refractivity contribution >= 4 is 16.8 Å². The number of primary amides is 1. The zero-order valence-corrected chi connectivity index (χ0v) is 13.9. The first kappa shape index (κ1) is 16.5. The van der Waals surface area contributed by atoms with Crippen LogP contribution in [-0.4, -0.2) is 30.1 Å². The molecule has 25 heavy (non-hydrogen) atoms. The van der Waals surface area contributed by atoms with Gasteiger partial charge in [-0.05, 0) is 23.8 Å². The van der Waals surface area contributed by atoms with Crippen LogP contribution < -0.4 is 19.9 Å². The van der Waals surface area contributed by atoms with E-state index in [0.29, 0.717) is 34.0 Å². The Morgan fingerprint density at radius 3 is 2.36 bits per heavy atom. The fraction of sp³-hybridized carbons (Fsp3) is 0.167. The summed E-state index contributed by atoms with van der Waals surface area (Å²) in [7, 11) is 3.13. The second-order valence-electron chi connectivity index (χ2n) is 5.29. The predicted octanol–water partition coefficient (Wildman–Crippen LogP) is 2.47. The topological polar surface area (TPSA) is 96.6 Å². The van der Waals surface area contributed by atoms with Gasteiger partial charge in [0, 0.05) is 6.07 Å². The Bertz CT molecular complexity index is 910. The second kappa shape index (κ2) is 7.04. The van der Waals surface area contributed by atoms with Gasteiger partial charge < -0.3 is 19.9 Å². The zero-order valence-electron chi connectivity index (χ0n) is 13.9. The summed E-state index contributed by atoms with van der Waals surface area (Å²) in [4.78, 5) is 19.4. The van der Waals surface area contributed by atoms with E-state index >= 15 is 0 Å². The molecule has 1 heterocycles. The van der Waals surface area contributed by atoms with Gasteiger partial charge in [0.2, 0.25) is 11.8 Å². The highest BCUT2D eigenvalue weighted by Gasteiger charge is 2.12. The van der Waals surface area contributed by atoms with Crippen LogP contribution in [0.1, 0.15) is 5.56 Å². The Kier molecular flexibility index (Phi) is 4.65. The second-order valence-corrected chi connectivity index (χ2v) is 5.29. The summed E-state index contributed by atoms with van der Waals surface area (Å²) >= 11 is 0. The fourth-order valence-electron chi connectivity index (χ4n) is 2.43. The molecule has 128 valence electrons. The van der Waals surface area contributed by atoms with Gasteiger partial charge in [0.15, 0.2) is 11.5 Å². The minimum atomic E-state index is -0.378. The van der Waals surface area contributed by atoms with E-state index < -0.39 is 0 Å². The maximum absolute atomic E-state index is 11.0. The lowest BCUT2D eigenvalue weighted by Crippen LogP contribution is -2.13. The first-order valence-corrected chi connectivity index (χ1v) is 7.52.